The molecule has 1 rings (SSSR count). The van der Waals surface area contributed by atoms with E-state index in [2.05, 4.69) is 31.4 Å². The number of carbonyl (C=O) groups is 1. The Morgan fingerprint density at radius 1 is 1.19 bits per heavy atom. The Morgan fingerprint density at radius 2 is 1.81 bits per heavy atom. The van der Waals surface area contributed by atoms with Crippen LogP contribution in [-0.2, 0) is 11.3 Å². The maximum atomic E-state index is 11.7. The molecule has 0 spiro atoms. The minimum atomic E-state index is -0.478. The number of anilines is 1. The maximum Gasteiger partial charge on any atom is 0.407 e. The number of nitrogens with one attached hydrogen (secondary N) is 2. The number of amides is 1. The molecule has 0 aliphatic rings. The fourth-order valence-electron chi connectivity index (χ4n) is 1.71. The predicted octanol–water partition coefficient (Wildman–Crippen LogP) is 4.17. The lowest BCUT2D eigenvalue weighted by atomic mass is 10.1. The molecule has 0 bridgehead atoms. The van der Waals surface area contributed by atoms with E-state index in [-0.39, 0.29) is 0 Å². The van der Waals surface area contributed by atoms with E-state index in [9.17, 15) is 4.79 Å². The molecule has 0 fully saturated rings. The van der Waals surface area contributed by atoms with Gasteiger partial charge in [-0.05, 0) is 45.2 Å². The monoisotopic (exact) mass is 292 g/mol. The van der Waals surface area contributed by atoms with Crippen LogP contribution in [0.15, 0.2) is 24.3 Å². The van der Waals surface area contributed by atoms with Crippen LogP contribution in [0.25, 0.3) is 0 Å². The molecule has 1 unspecified atom stereocenters. The first-order chi connectivity index (χ1) is 9.69. The molecular formula is C17H28N2O2. The van der Waals surface area contributed by atoms with Gasteiger partial charge < -0.3 is 15.4 Å². The molecule has 0 aliphatic heterocycles. The predicted molar refractivity (Wildman–Crippen MR) is 87.4 cm³/mol. The zero-order valence-electron chi connectivity index (χ0n) is 14.0. The topological polar surface area (TPSA) is 50.4 Å². The van der Waals surface area contributed by atoms with E-state index in [0.29, 0.717) is 18.5 Å². The highest BCUT2D eigenvalue weighted by Gasteiger charge is 2.16. The molecule has 0 aliphatic carbocycles. The summed E-state index contributed by atoms with van der Waals surface area (Å²) in [6.07, 6.45) is -0.394. The van der Waals surface area contributed by atoms with Crippen molar-refractivity contribution < 1.29 is 9.53 Å². The van der Waals surface area contributed by atoms with E-state index in [0.717, 1.165) is 11.3 Å². The van der Waals surface area contributed by atoms with Crippen molar-refractivity contribution in [2.75, 3.05) is 5.32 Å². The number of rotatable bonds is 5. The SMILES string of the molecule is CC(C)C(C)Nc1ccccc1CNC(=O)OC(C)(C)C. The van der Waals surface area contributed by atoms with E-state index in [1.54, 1.807) is 0 Å². The van der Waals surface area contributed by atoms with Crippen LogP contribution in [0.4, 0.5) is 10.5 Å². The Kier molecular flexibility index (Phi) is 6.06. The average molecular weight is 292 g/mol. The van der Waals surface area contributed by atoms with Crippen LogP contribution >= 0.6 is 0 Å². The van der Waals surface area contributed by atoms with Gasteiger partial charge in [-0.25, -0.2) is 4.79 Å². The van der Waals surface area contributed by atoms with Gasteiger partial charge in [-0.2, -0.15) is 0 Å². The van der Waals surface area contributed by atoms with Gasteiger partial charge in [0, 0.05) is 18.3 Å². The van der Waals surface area contributed by atoms with E-state index < -0.39 is 11.7 Å². The van der Waals surface area contributed by atoms with Crippen molar-refractivity contribution in [2.45, 2.75) is 59.7 Å². The van der Waals surface area contributed by atoms with E-state index in [4.69, 9.17) is 4.74 Å². The molecule has 4 nitrogen and oxygen atoms in total. The summed E-state index contributed by atoms with van der Waals surface area (Å²) in [5.41, 5.74) is 1.62. The Balaban J connectivity index is 2.65. The number of benzene rings is 1. The van der Waals surface area contributed by atoms with Gasteiger partial charge in [0.1, 0.15) is 5.60 Å². The quantitative estimate of drug-likeness (QED) is 0.856. The number of para-hydroxylation sites is 1. The summed E-state index contributed by atoms with van der Waals surface area (Å²) in [6.45, 7) is 12.5. The summed E-state index contributed by atoms with van der Waals surface area (Å²) < 4.78 is 5.25. The summed E-state index contributed by atoms with van der Waals surface area (Å²) in [7, 11) is 0. The number of hydrogen-bond donors (Lipinski definition) is 2. The second-order valence-corrected chi connectivity index (χ2v) is 6.69. The smallest absolute Gasteiger partial charge is 0.407 e. The van der Waals surface area contributed by atoms with E-state index in [1.165, 1.54) is 0 Å². The lowest BCUT2D eigenvalue weighted by Gasteiger charge is -2.22. The molecule has 0 saturated heterocycles. The van der Waals surface area contributed by atoms with Gasteiger partial charge in [-0.3, -0.25) is 0 Å². The molecule has 118 valence electrons. The van der Waals surface area contributed by atoms with Gasteiger partial charge in [0.05, 0.1) is 0 Å². The normalized spacial score (nSPS) is 12.9. The van der Waals surface area contributed by atoms with Gasteiger partial charge in [0.2, 0.25) is 0 Å². The van der Waals surface area contributed by atoms with Crippen LogP contribution in [0, 0.1) is 5.92 Å². The van der Waals surface area contributed by atoms with Gasteiger partial charge in [-0.15, -0.1) is 0 Å². The highest BCUT2D eigenvalue weighted by Crippen LogP contribution is 2.18. The molecule has 4 heteroatoms. The molecule has 1 amide bonds. The molecular weight excluding hydrogens is 264 g/mol. The Labute approximate surface area is 128 Å². The maximum absolute atomic E-state index is 11.7. The molecule has 1 aromatic rings. The number of ether oxygens (including phenoxy) is 1. The number of carbonyl (C=O) groups excluding carboxylic acids is 1. The number of alkyl carbamates (subject to hydrolysis) is 1. The van der Waals surface area contributed by atoms with Crippen LogP contribution in [0.5, 0.6) is 0 Å². The summed E-state index contributed by atoms with van der Waals surface area (Å²) in [5.74, 6) is 0.539. The first kappa shape index (κ1) is 17.3. The minimum absolute atomic E-state index is 0.368. The first-order valence-corrected chi connectivity index (χ1v) is 7.50. The van der Waals surface area contributed by atoms with Gasteiger partial charge in [-0.1, -0.05) is 32.0 Å². The van der Waals surface area contributed by atoms with Gasteiger partial charge in [0.15, 0.2) is 0 Å². The third-order valence-electron chi connectivity index (χ3n) is 3.22. The summed E-state index contributed by atoms with van der Waals surface area (Å²) in [5, 5.41) is 6.29. The van der Waals surface area contributed by atoms with Crippen molar-refractivity contribution in [3.05, 3.63) is 29.8 Å². The van der Waals surface area contributed by atoms with Crippen LogP contribution < -0.4 is 10.6 Å². The Hall–Kier alpha value is -1.71. The molecule has 0 aromatic heterocycles. The average Bonchev–Trinajstić information content (AvgIpc) is 2.35. The fourth-order valence-corrected chi connectivity index (χ4v) is 1.71. The lowest BCUT2D eigenvalue weighted by Crippen LogP contribution is -2.32. The zero-order valence-corrected chi connectivity index (χ0v) is 14.0. The third kappa shape index (κ3) is 6.52. The van der Waals surface area contributed by atoms with Crippen molar-refractivity contribution in [3.63, 3.8) is 0 Å². The lowest BCUT2D eigenvalue weighted by molar-refractivity contribution is 0.0523. The Bertz CT molecular complexity index is 464. The largest absolute Gasteiger partial charge is 0.444 e. The third-order valence-corrected chi connectivity index (χ3v) is 3.22. The van der Waals surface area contributed by atoms with Crippen LogP contribution in [-0.4, -0.2) is 17.7 Å². The van der Waals surface area contributed by atoms with Crippen molar-refractivity contribution in [2.24, 2.45) is 5.92 Å². The van der Waals surface area contributed by atoms with Crippen LogP contribution in [0.3, 0.4) is 0 Å². The van der Waals surface area contributed by atoms with Gasteiger partial charge in [0.25, 0.3) is 0 Å². The molecule has 1 atom stereocenters. The van der Waals surface area contributed by atoms with Crippen molar-refractivity contribution in [1.82, 2.24) is 5.32 Å². The summed E-state index contributed by atoms with van der Waals surface area (Å²) in [6, 6.07) is 8.37. The van der Waals surface area contributed by atoms with E-state index >= 15 is 0 Å². The highest BCUT2D eigenvalue weighted by molar-refractivity contribution is 5.68. The Morgan fingerprint density at radius 3 is 2.38 bits per heavy atom. The first-order valence-electron chi connectivity index (χ1n) is 7.50. The molecule has 21 heavy (non-hydrogen) atoms. The summed E-state index contributed by atoms with van der Waals surface area (Å²) >= 11 is 0. The second-order valence-electron chi connectivity index (χ2n) is 6.69. The van der Waals surface area contributed by atoms with Crippen LogP contribution in [0.1, 0.15) is 47.1 Å². The molecule has 2 N–H and O–H groups in total. The van der Waals surface area contributed by atoms with Gasteiger partial charge >= 0.3 is 6.09 Å². The highest BCUT2D eigenvalue weighted by atomic mass is 16.6. The standard InChI is InChI=1S/C17H28N2O2/c1-12(2)13(3)19-15-10-8-7-9-14(15)11-18-16(20)21-17(4,5)6/h7-10,12-13,19H,11H2,1-6H3,(H,18,20). The zero-order chi connectivity index (χ0) is 16.0. The molecule has 0 radical (unpaired) electrons. The molecule has 1 aromatic carbocycles. The van der Waals surface area contributed by atoms with E-state index in [1.807, 2.05) is 45.0 Å². The van der Waals surface area contributed by atoms with Crippen molar-refractivity contribution >= 4 is 11.8 Å². The molecule has 0 heterocycles. The number of hydrogen-bond acceptors (Lipinski definition) is 3. The van der Waals surface area contributed by atoms with Crippen molar-refractivity contribution in [1.29, 1.82) is 0 Å². The fraction of sp³-hybridized carbons (Fsp3) is 0.588. The van der Waals surface area contributed by atoms with Crippen LogP contribution in [0.2, 0.25) is 0 Å². The molecule has 0 saturated carbocycles. The van der Waals surface area contributed by atoms with Crippen molar-refractivity contribution in [3.8, 4) is 0 Å². The minimum Gasteiger partial charge on any atom is -0.444 e. The summed E-state index contributed by atoms with van der Waals surface area (Å²) in [4.78, 5) is 11.7. The second kappa shape index (κ2) is 7.34.